The van der Waals surface area contributed by atoms with E-state index in [-0.39, 0.29) is 87.7 Å². The standard InChI is InChI=1S/C29H38N16O12S8/c30-22(31)60-10-7-34-24-40-25(35-8-11-63(49,58)55-47)43-28(42-24)38-18-5-3-16(20(13-18)62-57-54-46)1-2-17-4-6-19(14-21(17)65(51,52)53)39-29-44-26(36-9-12-64(50,59)56-48)41-27(45-29)37-15-61-23(32)33/h1-6,13-14,46-48H,7-12,15H2,(H3,30,31)(H3,32,33)(H,51,52,53)(H3,34,35,38,40,42,43)(H3,36,37,39,41,44,45). The molecular formula is C29H38N16O12S8. The van der Waals surface area contributed by atoms with Crippen LogP contribution in [0.3, 0.4) is 0 Å². The minimum absolute atomic E-state index is 0.00712. The Bertz CT molecular complexity index is 2670. The van der Waals surface area contributed by atoms with E-state index in [0.29, 0.717) is 40.5 Å². The average Bonchev–Trinajstić information content (AvgIpc) is 3.23. The molecule has 0 bridgehead atoms. The van der Waals surface area contributed by atoms with E-state index < -0.39 is 32.6 Å². The molecule has 4 aromatic rings. The summed E-state index contributed by atoms with van der Waals surface area (Å²) >= 11 is 11.9. The first-order valence-corrected chi connectivity index (χ1v) is 26.7. The number of nitrogens with one attached hydrogen (secondary N) is 8. The number of hydrogen-bond donors (Lipinski definition) is 14. The van der Waals surface area contributed by atoms with Gasteiger partial charge in [-0.2, -0.15) is 38.3 Å². The molecule has 0 saturated carbocycles. The van der Waals surface area contributed by atoms with Gasteiger partial charge in [-0.25, -0.2) is 24.2 Å². The molecule has 16 N–H and O–H groups in total. The molecule has 0 aliphatic rings. The van der Waals surface area contributed by atoms with E-state index in [2.05, 4.69) is 97.9 Å². The SMILES string of the molecule is N=C(N)SCCNc1nc(NCCS(=O)(=S)OO)nc(Nc2ccc(C=Cc3ccc(Nc4nc(NCCS(=O)(=S)OO)nc(NCSC(=N)N)n4)cc3S(=O)(=O)O)c(SOOO)c2)n1. The number of hydrogen-bond acceptors (Lipinski definition) is 30. The predicted octanol–water partition coefficient (Wildman–Crippen LogP) is 2.55. The highest BCUT2D eigenvalue weighted by atomic mass is 32.8. The second kappa shape index (κ2) is 25.3. The van der Waals surface area contributed by atoms with Gasteiger partial charge in [0.2, 0.25) is 35.7 Å². The summed E-state index contributed by atoms with van der Waals surface area (Å²) < 4.78 is 71.8. The van der Waals surface area contributed by atoms with Gasteiger partial charge in [-0.15, -0.1) is 13.0 Å². The van der Waals surface area contributed by atoms with Gasteiger partial charge in [-0.1, -0.05) is 52.8 Å². The Balaban J connectivity index is 1.61. The highest BCUT2D eigenvalue weighted by Crippen LogP contribution is 2.31. The van der Waals surface area contributed by atoms with Crippen LogP contribution in [0.1, 0.15) is 11.1 Å². The first kappa shape index (κ1) is 53.0. The van der Waals surface area contributed by atoms with Gasteiger partial charge in [0.15, 0.2) is 27.9 Å². The van der Waals surface area contributed by atoms with Crippen LogP contribution in [-0.2, 0) is 68.1 Å². The molecule has 0 amide bonds. The van der Waals surface area contributed by atoms with Gasteiger partial charge < -0.3 is 43.4 Å². The highest BCUT2D eigenvalue weighted by molar-refractivity contribution is 8.30. The van der Waals surface area contributed by atoms with Crippen molar-refractivity contribution in [2.24, 2.45) is 11.5 Å². The molecule has 2 aromatic heterocycles. The number of thioether (sulfide) groups is 2. The third-order valence-electron chi connectivity index (χ3n) is 7.28. The maximum Gasteiger partial charge on any atom is 0.295 e. The zero-order valence-corrected chi connectivity index (χ0v) is 39.3. The maximum absolute atomic E-state index is 12.7. The van der Waals surface area contributed by atoms with Crippen LogP contribution < -0.4 is 43.4 Å². The molecule has 0 radical (unpaired) electrons. The molecule has 4 rings (SSSR count). The summed E-state index contributed by atoms with van der Waals surface area (Å²) in [4.78, 5) is 25.3. The summed E-state index contributed by atoms with van der Waals surface area (Å²) in [5, 5.41) is 62.0. The van der Waals surface area contributed by atoms with Crippen molar-refractivity contribution in [3.63, 3.8) is 0 Å². The van der Waals surface area contributed by atoms with Crippen molar-refractivity contribution in [1.29, 1.82) is 10.8 Å². The lowest BCUT2D eigenvalue weighted by atomic mass is 10.1. The lowest BCUT2D eigenvalue weighted by molar-refractivity contribution is -0.432. The molecule has 0 aliphatic heterocycles. The van der Waals surface area contributed by atoms with Gasteiger partial charge >= 0.3 is 0 Å². The average molecular weight is 1060 g/mol. The van der Waals surface area contributed by atoms with Crippen LogP contribution in [0.25, 0.3) is 12.2 Å². The van der Waals surface area contributed by atoms with Gasteiger partial charge in [0, 0.05) is 64.0 Å². The van der Waals surface area contributed by atoms with Crippen LogP contribution in [0.2, 0.25) is 0 Å². The fraction of sp³-hybridized carbons (Fsp3) is 0.241. The van der Waals surface area contributed by atoms with Crippen LogP contribution in [0, 0.1) is 10.8 Å². The number of amidine groups is 2. The van der Waals surface area contributed by atoms with E-state index in [1.54, 1.807) is 12.1 Å². The molecule has 2 unspecified atom stereocenters. The third-order valence-corrected chi connectivity index (χ3v) is 13.4. The number of aromatic nitrogens is 6. The zero-order valence-electron chi connectivity index (χ0n) is 32.7. The van der Waals surface area contributed by atoms with Gasteiger partial charge in [0.25, 0.3) is 10.1 Å². The van der Waals surface area contributed by atoms with Crippen LogP contribution in [0.15, 0.2) is 46.2 Å². The summed E-state index contributed by atoms with van der Waals surface area (Å²) in [6.07, 6.45) is 2.86. The van der Waals surface area contributed by atoms with Crippen LogP contribution in [0.4, 0.5) is 47.1 Å². The fourth-order valence-electron chi connectivity index (χ4n) is 4.62. The molecular weight excluding hydrogens is 1020 g/mol. The van der Waals surface area contributed by atoms with E-state index >= 15 is 0 Å². The molecule has 36 heteroatoms. The highest BCUT2D eigenvalue weighted by Gasteiger charge is 2.18. The van der Waals surface area contributed by atoms with Crippen LogP contribution >= 0.6 is 35.6 Å². The van der Waals surface area contributed by atoms with E-state index in [9.17, 15) is 21.4 Å². The number of nitrogens with two attached hydrogens (primary N) is 2. The maximum atomic E-state index is 12.7. The Morgan fingerprint density at radius 2 is 1.14 bits per heavy atom. The largest absolute Gasteiger partial charge is 0.379 e. The molecule has 0 aliphatic carbocycles. The fourth-order valence-corrected chi connectivity index (χ4v) is 7.97. The zero-order chi connectivity index (χ0) is 47.6. The number of anilines is 8. The smallest absolute Gasteiger partial charge is 0.295 e. The molecule has 65 heavy (non-hydrogen) atoms. The Labute approximate surface area is 392 Å². The lowest BCUT2D eigenvalue weighted by Gasteiger charge is -2.13. The second-order valence-corrected chi connectivity index (χ2v) is 22.6. The third kappa shape index (κ3) is 19.0. The minimum atomic E-state index is -4.87. The Morgan fingerprint density at radius 1 is 0.677 bits per heavy atom. The van der Waals surface area contributed by atoms with Crippen LogP contribution in [-0.4, -0.2) is 120 Å². The van der Waals surface area contributed by atoms with Crippen molar-refractivity contribution in [2.45, 2.75) is 9.79 Å². The van der Waals surface area contributed by atoms with Gasteiger partial charge in [-0.05, 0) is 35.4 Å². The summed E-state index contributed by atoms with van der Waals surface area (Å²) in [6.45, 7) is 0.141. The van der Waals surface area contributed by atoms with Crippen molar-refractivity contribution >= 4 is 155 Å². The molecule has 2 atom stereocenters. The quantitative estimate of drug-likeness (QED) is 0.00469. The molecule has 0 saturated heterocycles. The van der Waals surface area contributed by atoms with Crippen molar-refractivity contribution in [3.8, 4) is 0 Å². The molecule has 2 aromatic carbocycles. The summed E-state index contributed by atoms with van der Waals surface area (Å²) in [7, 11) is -11.7. The van der Waals surface area contributed by atoms with Gasteiger partial charge in [-0.3, -0.25) is 15.4 Å². The molecule has 0 fully saturated rings. The van der Waals surface area contributed by atoms with E-state index in [0.717, 1.165) is 29.6 Å². The monoisotopic (exact) mass is 1060 g/mol. The van der Waals surface area contributed by atoms with Gasteiger partial charge in [0.1, 0.15) is 4.90 Å². The molecule has 28 nitrogen and oxygen atoms in total. The summed E-state index contributed by atoms with van der Waals surface area (Å²) in [6, 6.07) is 8.65. The number of benzene rings is 2. The molecule has 0 spiro atoms. The Kier molecular flexibility index (Phi) is 20.6. The number of nitrogens with zero attached hydrogens (tertiary/aromatic N) is 6. The first-order chi connectivity index (χ1) is 30.8. The minimum Gasteiger partial charge on any atom is -0.379 e. The van der Waals surface area contributed by atoms with Crippen molar-refractivity contribution in [1.82, 2.24) is 29.9 Å². The Hall–Kier alpha value is -4.64. The second-order valence-electron chi connectivity index (χ2n) is 11.9. The van der Waals surface area contributed by atoms with E-state index in [1.807, 2.05) is 0 Å². The van der Waals surface area contributed by atoms with Crippen molar-refractivity contribution in [2.75, 3.05) is 74.7 Å². The first-order valence-electron chi connectivity index (χ1n) is 17.4. The molecule has 2 heterocycles. The topological polar surface area (TPSA) is 435 Å². The Morgan fingerprint density at radius 3 is 1.63 bits per heavy atom. The van der Waals surface area contributed by atoms with Crippen molar-refractivity contribution in [3.05, 3.63) is 47.5 Å². The summed E-state index contributed by atoms with van der Waals surface area (Å²) in [5.74, 6) is -0.176. The lowest BCUT2D eigenvalue weighted by Crippen LogP contribution is -2.18. The summed E-state index contributed by atoms with van der Waals surface area (Å²) in [5.41, 5.74) is 11.7. The van der Waals surface area contributed by atoms with E-state index in [4.69, 9.17) is 42.4 Å². The van der Waals surface area contributed by atoms with Crippen LogP contribution in [0.5, 0.6) is 0 Å². The predicted molar refractivity (Wildman–Crippen MR) is 255 cm³/mol. The van der Waals surface area contributed by atoms with Crippen molar-refractivity contribution < 1.29 is 55.2 Å². The molecule has 354 valence electrons. The van der Waals surface area contributed by atoms with E-state index in [1.165, 1.54) is 30.4 Å². The normalized spacial score (nSPS) is 13.4. The van der Waals surface area contributed by atoms with Gasteiger partial charge in [0.05, 0.1) is 29.4 Å². The number of rotatable bonds is 27.